The molecule has 3 aromatic rings. The molecule has 166 valence electrons. The quantitative estimate of drug-likeness (QED) is 0.550. The van der Waals surface area contributed by atoms with Gasteiger partial charge in [-0.15, -0.1) is 0 Å². The van der Waals surface area contributed by atoms with Crippen LogP contribution in [0.5, 0.6) is 11.5 Å². The second-order valence-electron chi connectivity index (χ2n) is 7.57. The van der Waals surface area contributed by atoms with E-state index in [4.69, 9.17) is 14.2 Å². The average molecular weight is 436 g/mol. The molecule has 0 radical (unpaired) electrons. The minimum atomic E-state index is -0.368. The molecule has 0 aromatic heterocycles. The normalized spacial score (nSPS) is 12.4. The Hall–Kier alpha value is -3.58. The molecule has 0 spiro atoms. The Morgan fingerprint density at radius 2 is 1.97 bits per heavy atom. The average Bonchev–Trinajstić information content (AvgIpc) is 2.79. The molecule has 0 unspecified atom stereocenters. The molecule has 0 aliphatic carbocycles. The zero-order valence-electron chi connectivity index (χ0n) is 17.8. The third-order valence-electron chi connectivity index (χ3n) is 5.05. The lowest BCUT2D eigenvalue weighted by atomic mass is 10.1. The van der Waals surface area contributed by atoms with Gasteiger partial charge in [0.05, 0.1) is 12.3 Å². The van der Waals surface area contributed by atoms with Gasteiger partial charge in [0.2, 0.25) is 0 Å². The number of amides is 2. The molecular formula is C25H25FN2O4. The maximum Gasteiger partial charge on any atom is 0.319 e. The van der Waals surface area contributed by atoms with Crippen LogP contribution in [0.4, 0.5) is 14.9 Å². The van der Waals surface area contributed by atoms with Crippen molar-refractivity contribution < 1.29 is 23.4 Å². The van der Waals surface area contributed by atoms with Crippen molar-refractivity contribution in [2.45, 2.75) is 26.6 Å². The number of fused-ring (bicyclic) bond motifs is 1. The summed E-state index contributed by atoms with van der Waals surface area (Å²) in [5, 5.41) is 5.64. The predicted molar refractivity (Wildman–Crippen MR) is 119 cm³/mol. The first kappa shape index (κ1) is 21.6. The van der Waals surface area contributed by atoms with Crippen molar-refractivity contribution in [1.82, 2.24) is 5.32 Å². The SMILES string of the molecule is Cc1ccc(NC(=O)NCCc2cc(F)cc3c2OCOC3)c(OCc2ccccc2)c1. The molecule has 0 bridgehead atoms. The number of aryl methyl sites for hydroxylation is 1. The molecule has 0 saturated carbocycles. The van der Waals surface area contributed by atoms with Gasteiger partial charge in [0.25, 0.3) is 0 Å². The Labute approximate surface area is 186 Å². The monoisotopic (exact) mass is 436 g/mol. The first-order valence-corrected chi connectivity index (χ1v) is 10.4. The Balaban J connectivity index is 1.35. The van der Waals surface area contributed by atoms with Gasteiger partial charge in [0, 0.05) is 12.1 Å². The maximum absolute atomic E-state index is 13.9. The Morgan fingerprint density at radius 1 is 1.12 bits per heavy atom. The molecule has 32 heavy (non-hydrogen) atoms. The third kappa shape index (κ3) is 5.56. The van der Waals surface area contributed by atoms with E-state index in [0.717, 1.165) is 11.1 Å². The van der Waals surface area contributed by atoms with E-state index in [1.54, 1.807) is 0 Å². The Morgan fingerprint density at radius 3 is 2.81 bits per heavy atom. The highest BCUT2D eigenvalue weighted by Gasteiger charge is 2.17. The molecular weight excluding hydrogens is 411 g/mol. The van der Waals surface area contributed by atoms with Gasteiger partial charge in [-0.3, -0.25) is 0 Å². The number of hydrogen-bond donors (Lipinski definition) is 2. The van der Waals surface area contributed by atoms with E-state index in [2.05, 4.69) is 10.6 Å². The minimum absolute atomic E-state index is 0.138. The molecule has 7 heteroatoms. The summed E-state index contributed by atoms with van der Waals surface area (Å²) in [5.41, 5.74) is 4.02. The molecule has 0 saturated heterocycles. The Kier molecular flexibility index (Phi) is 6.87. The molecule has 2 N–H and O–H groups in total. The van der Waals surface area contributed by atoms with Crippen LogP contribution in [0, 0.1) is 12.7 Å². The summed E-state index contributed by atoms with van der Waals surface area (Å²) >= 11 is 0. The van der Waals surface area contributed by atoms with Crippen LogP contribution in [0.2, 0.25) is 0 Å². The predicted octanol–water partition coefficient (Wildman–Crippen LogP) is 4.94. The summed E-state index contributed by atoms with van der Waals surface area (Å²) in [6, 6.07) is 17.9. The molecule has 6 nitrogen and oxygen atoms in total. The van der Waals surface area contributed by atoms with Crippen molar-refractivity contribution in [3.8, 4) is 11.5 Å². The van der Waals surface area contributed by atoms with E-state index in [9.17, 15) is 9.18 Å². The van der Waals surface area contributed by atoms with E-state index >= 15 is 0 Å². The van der Waals surface area contributed by atoms with E-state index < -0.39 is 0 Å². The van der Waals surface area contributed by atoms with Crippen LogP contribution in [0.1, 0.15) is 22.3 Å². The zero-order chi connectivity index (χ0) is 22.3. The number of carbonyl (C=O) groups is 1. The molecule has 1 aliphatic heterocycles. The fourth-order valence-corrected chi connectivity index (χ4v) is 3.51. The second-order valence-corrected chi connectivity index (χ2v) is 7.57. The third-order valence-corrected chi connectivity index (χ3v) is 5.05. The first-order chi connectivity index (χ1) is 15.6. The maximum atomic E-state index is 13.9. The minimum Gasteiger partial charge on any atom is -0.487 e. The van der Waals surface area contributed by atoms with Crippen molar-refractivity contribution >= 4 is 11.7 Å². The van der Waals surface area contributed by atoms with Gasteiger partial charge in [-0.2, -0.15) is 0 Å². The lowest BCUT2D eigenvalue weighted by Crippen LogP contribution is -2.30. The van der Waals surface area contributed by atoms with Gasteiger partial charge in [0.1, 0.15) is 23.9 Å². The number of rotatable bonds is 7. The van der Waals surface area contributed by atoms with Crippen molar-refractivity contribution in [2.75, 3.05) is 18.7 Å². The first-order valence-electron chi connectivity index (χ1n) is 10.4. The largest absolute Gasteiger partial charge is 0.487 e. The fraction of sp³-hybridized carbons (Fsp3) is 0.240. The molecule has 1 aliphatic rings. The number of ether oxygens (including phenoxy) is 3. The number of halogens is 1. The van der Waals surface area contributed by atoms with Gasteiger partial charge < -0.3 is 24.8 Å². The van der Waals surface area contributed by atoms with E-state index in [-0.39, 0.29) is 18.6 Å². The van der Waals surface area contributed by atoms with Crippen molar-refractivity contribution in [3.05, 3.63) is 88.7 Å². The summed E-state index contributed by atoms with van der Waals surface area (Å²) in [5.74, 6) is 0.878. The molecule has 4 rings (SSSR count). The van der Waals surface area contributed by atoms with Crippen LogP contribution in [0.15, 0.2) is 60.7 Å². The van der Waals surface area contributed by atoms with Crippen molar-refractivity contribution in [3.63, 3.8) is 0 Å². The van der Waals surface area contributed by atoms with Crippen molar-refractivity contribution in [2.24, 2.45) is 0 Å². The highest BCUT2D eigenvalue weighted by molar-refractivity contribution is 5.91. The van der Waals surface area contributed by atoms with Crippen LogP contribution < -0.4 is 20.1 Å². The topological polar surface area (TPSA) is 68.8 Å². The number of urea groups is 1. The summed E-state index contributed by atoms with van der Waals surface area (Å²) < 4.78 is 30.5. The van der Waals surface area contributed by atoms with E-state index in [1.165, 1.54) is 12.1 Å². The number of carbonyl (C=O) groups excluding carboxylic acids is 1. The number of benzene rings is 3. The van der Waals surface area contributed by atoms with Crippen LogP contribution >= 0.6 is 0 Å². The van der Waals surface area contributed by atoms with Gasteiger partial charge in [-0.1, -0.05) is 36.4 Å². The second kappa shape index (κ2) is 10.2. The fourth-order valence-electron chi connectivity index (χ4n) is 3.51. The van der Waals surface area contributed by atoms with Crippen LogP contribution in [-0.2, 0) is 24.4 Å². The Bertz CT molecular complexity index is 1090. The highest BCUT2D eigenvalue weighted by atomic mass is 19.1. The molecule has 3 aromatic carbocycles. The van der Waals surface area contributed by atoms with Gasteiger partial charge >= 0.3 is 6.03 Å². The smallest absolute Gasteiger partial charge is 0.319 e. The summed E-state index contributed by atoms with van der Waals surface area (Å²) in [7, 11) is 0. The van der Waals surface area contributed by atoms with Gasteiger partial charge in [0.15, 0.2) is 6.79 Å². The number of anilines is 1. The van der Waals surface area contributed by atoms with Crippen LogP contribution in [-0.4, -0.2) is 19.4 Å². The van der Waals surface area contributed by atoms with E-state index in [0.29, 0.717) is 54.5 Å². The number of hydrogen-bond acceptors (Lipinski definition) is 4. The molecule has 0 fully saturated rings. The summed E-state index contributed by atoms with van der Waals surface area (Å²) in [6.45, 7) is 3.13. The van der Waals surface area contributed by atoms with Crippen LogP contribution in [0.25, 0.3) is 0 Å². The van der Waals surface area contributed by atoms with Crippen LogP contribution in [0.3, 0.4) is 0 Å². The highest BCUT2D eigenvalue weighted by Crippen LogP contribution is 2.30. The lowest BCUT2D eigenvalue weighted by molar-refractivity contribution is -0.0172. The zero-order valence-corrected chi connectivity index (χ0v) is 17.8. The summed E-state index contributed by atoms with van der Waals surface area (Å²) in [6.07, 6.45) is 0.429. The van der Waals surface area contributed by atoms with E-state index in [1.807, 2.05) is 55.5 Å². The molecule has 2 amide bonds. The summed E-state index contributed by atoms with van der Waals surface area (Å²) in [4.78, 5) is 12.5. The van der Waals surface area contributed by atoms with Crippen molar-refractivity contribution in [1.29, 1.82) is 0 Å². The number of nitrogens with one attached hydrogen (secondary N) is 2. The molecule has 0 atom stereocenters. The molecule has 1 heterocycles. The van der Waals surface area contributed by atoms with Gasteiger partial charge in [-0.25, -0.2) is 9.18 Å². The lowest BCUT2D eigenvalue weighted by Gasteiger charge is -2.21. The standard InChI is InChI=1S/C25H25FN2O4/c1-17-7-8-22(23(11-17)31-14-18-5-3-2-4-6-18)28-25(29)27-10-9-19-12-21(26)13-20-15-30-16-32-24(19)20/h2-8,11-13H,9-10,14-16H2,1H3,(H2,27,28,29). The van der Waals surface area contributed by atoms with Gasteiger partial charge in [-0.05, 0) is 54.3 Å².